The van der Waals surface area contributed by atoms with Gasteiger partial charge in [-0.15, -0.1) is 0 Å². The SMILES string of the molecule is COCCN1C[C@@H]2[C@@H](OC)CCN(Cc3ccc(C)o3)[C@@H]2C1. The second kappa shape index (κ2) is 7.13. The maximum absolute atomic E-state index is 5.77. The van der Waals surface area contributed by atoms with Gasteiger partial charge < -0.3 is 13.9 Å². The molecule has 0 N–H and O–H groups in total. The van der Waals surface area contributed by atoms with E-state index < -0.39 is 0 Å². The normalized spacial score (nSPS) is 29.9. The van der Waals surface area contributed by atoms with Crippen molar-refractivity contribution in [2.75, 3.05) is 47.0 Å². The number of nitrogens with zero attached hydrogens (tertiary/aromatic N) is 2. The fourth-order valence-electron chi connectivity index (χ4n) is 3.98. The minimum Gasteiger partial charge on any atom is -0.465 e. The number of likely N-dealkylation sites (tertiary alicyclic amines) is 2. The molecule has 2 aliphatic rings. The van der Waals surface area contributed by atoms with Crippen molar-refractivity contribution in [3.8, 4) is 0 Å². The van der Waals surface area contributed by atoms with Crippen molar-refractivity contribution in [3.05, 3.63) is 23.7 Å². The molecule has 3 heterocycles. The minimum absolute atomic E-state index is 0.382. The van der Waals surface area contributed by atoms with Crippen LogP contribution in [0.1, 0.15) is 17.9 Å². The number of furan rings is 1. The molecular formula is C17H28N2O3. The van der Waals surface area contributed by atoms with Crippen molar-refractivity contribution < 1.29 is 13.9 Å². The van der Waals surface area contributed by atoms with Gasteiger partial charge in [-0.3, -0.25) is 9.80 Å². The Labute approximate surface area is 133 Å². The molecule has 1 aromatic heterocycles. The first-order chi connectivity index (χ1) is 10.7. The number of piperidine rings is 1. The monoisotopic (exact) mass is 308 g/mol. The number of aryl methyl sites for hydroxylation is 1. The lowest BCUT2D eigenvalue weighted by Gasteiger charge is -2.40. The van der Waals surface area contributed by atoms with Gasteiger partial charge >= 0.3 is 0 Å². The van der Waals surface area contributed by atoms with Gasteiger partial charge in [-0.2, -0.15) is 0 Å². The van der Waals surface area contributed by atoms with Crippen molar-refractivity contribution in [2.45, 2.75) is 32.0 Å². The number of ether oxygens (including phenoxy) is 2. The minimum atomic E-state index is 0.382. The zero-order chi connectivity index (χ0) is 15.5. The van der Waals surface area contributed by atoms with Crippen LogP contribution in [0.5, 0.6) is 0 Å². The van der Waals surface area contributed by atoms with Gasteiger partial charge in [0, 0.05) is 52.4 Å². The quantitative estimate of drug-likeness (QED) is 0.800. The van der Waals surface area contributed by atoms with Gasteiger partial charge in [0.25, 0.3) is 0 Å². The average molecular weight is 308 g/mol. The second-order valence-electron chi connectivity index (χ2n) is 6.53. The maximum atomic E-state index is 5.77. The van der Waals surface area contributed by atoms with Gasteiger partial charge in [-0.25, -0.2) is 0 Å². The Morgan fingerprint density at radius 2 is 2.14 bits per heavy atom. The summed E-state index contributed by atoms with van der Waals surface area (Å²) in [7, 11) is 3.62. The molecule has 0 saturated carbocycles. The first kappa shape index (κ1) is 16.0. The number of hydrogen-bond donors (Lipinski definition) is 0. The Bertz CT molecular complexity index is 476. The van der Waals surface area contributed by atoms with Gasteiger partial charge in [0.15, 0.2) is 0 Å². The van der Waals surface area contributed by atoms with E-state index in [9.17, 15) is 0 Å². The summed E-state index contributed by atoms with van der Waals surface area (Å²) in [6.45, 7) is 8.02. The summed E-state index contributed by atoms with van der Waals surface area (Å²) in [6.07, 6.45) is 1.49. The summed E-state index contributed by atoms with van der Waals surface area (Å²) in [6, 6.07) is 4.71. The van der Waals surface area contributed by atoms with E-state index in [2.05, 4.69) is 15.9 Å². The van der Waals surface area contributed by atoms with Crippen LogP contribution >= 0.6 is 0 Å². The molecule has 3 rings (SSSR count). The average Bonchev–Trinajstić information content (AvgIpc) is 3.12. The second-order valence-corrected chi connectivity index (χ2v) is 6.53. The summed E-state index contributed by atoms with van der Waals surface area (Å²) in [5.74, 6) is 2.65. The topological polar surface area (TPSA) is 38.1 Å². The van der Waals surface area contributed by atoms with Gasteiger partial charge in [-0.05, 0) is 25.5 Å². The Hall–Kier alpha value is -0.880. The molecule has 5 heteroatoms. The highest BCUT2D eigenvalue weighted by atomic mass is 16.5. The largest absolute Gasteiger partial charge is 0.465 e. The van der Waals surface area contributed by atoms with E-state index in [1.165, 1.54) is 0 Å². The molecule has 0 radical (unpaired) electrons. The van der Waals surface area contributed by atoms with Crippen molar-refractivity contribution in [3.63, 3.8) is 0 Å². The number of hydrogen-bond acceptors (Lipinski definition) is 5. The first-order valence-electron chi connectivity index (χ1n) is 8.24. The van der Waals surface area contributed by atoms with Crippen molar-refractivity contribution in [1.29, 1.82) is 0 Å². The van der Waals surface area contributed by atoms with Crippen molar-refractivity contribution in [2.24, 2.45) is 5.92 Å². The maximum Gasteiger partial charge on any atom is 0.118 e. The van der Waals surface area contributed by atoms with Gasteiger partial charge in [0.05, 0.1) is 19.3 Å². The summed E-state index contributed by atoms with van der Waals surface area (Å²) in [4.78, 5) is 5.09. The summed E-state index contributed by atoms with van der Waals surface area (Å²) >= 11 is 0. The third-order valence-corrected chi connectivity index (χ3v) is 5.13. The van der Waals surface area contributed by atoms with Gasteiger partial charge in [-0.1, -0.05) is 0 Å². The van der Waals surface area contributed by atoms with Crippen LogP contribution in [-0.4, -0.2) is 69.0 Å². The van der Waals surface area contributed by atoms with Crippen LogP contribution in [0.3, 0.4) is 0 Å². The summed E-state index contributed by atoms with van der Waals surface area (Å²) < 4.78 is 16.8. The van der Waals surface area contributed by atoms with E-state index in [0.29, 0.717) is 18.1 Å². The van der Waals surface area contributed by atoms with Crippen LogP contribution in [0.2, 0.25) is 0 Å². The number of methoxy groups -OCH3 is 2. The van der Waals surface area contributed by atoms with Crippen LogP contribution < -0.4 is 0 Å². The standard InChI is InChI=1S/C17H28N2O3/c1-13-4-5-14(22-13)10-19-7-6-17(21-3)15-11-18(8-9-20-2)12-16(15)19/h4-5,15-17H,6-12H2,1-3H3/t15-,16+,17-/m0/s1. The van der Waals surface area contributed by atoms with E-state index in [4.69, 9.17) is 13.9 Å². The zero-order valence-electron chi connectivity index (χ0n) is 14.0. The lowest BCUT2D eigenvalue weighted by Crippen LogP contribution is -2.50. The molecule has 124 valence electrons. The molecule has 2 aliphatic heterocycles. The molecule has 2 saturated heterocycles. The lowest BCUT2D eigenvalue weighted by molar-refractivity contribution is -0.0263. The molecule has 22 heavy (non-hydrogen) atoms. The molecule has 0 bridgehead atoms. The molecule has 2 fully saturated rings. The van der Waals surface area contributed by atoms with E-state index in [1.54, 1.807) is 7.11 Å². The highest BCUT2D eigenvalue weighted by Crippen LogP contribution is 2.33. The Morgan fingerprint density at radius 1 is 1.27 bits per heavy atom. The van der Waals surface area contributed by atoms with Gasteiger partial charge in [0.2, 0.25) is 0 Å². The Morgan fingerprint density at radius 3 is 2.82 bits per heavy atom. The summed E-state index contributed by atoms with van der Waals surface area (Å²) in [5.41, 5.74) is 0. The van der Waals surface area contributed by atoms with E-state index >= 15 is 0 Å². The van der Waals surface area contributed by atoms with E-state index in [1.807, 2.05) is 20.1 Å². The fraction of sp³-hybridized carbons (Fsp3) is 0.765. The highest BCUT2D eigenvalue weighted by Gasteiger charge is 2.44. The Balaban J connectivity index is 1.67. The van der Waals surface area contributed by atoms with Crippen LogP contribution in [-0.2, 0) is 16.0 Å². The van der Waals surface area contributed by atoms with Crippen LogP contribution in [0.25, 0.3) is 0 Å². The molecule has 0 spiro atoms. The van der Waals surface area contributed by atoms with Crippen molar-refractivity contribution in [1.82, 2.24) is 9.80 Å². The third kappa shape index (κ3) is 3.38. The molecule has 0 aliphatic carbocycles. The zero-order valence-corrected chi connectivity index (χ0v) is 14.0. The van der Waals surface area contributed by atoms with Gasteiger partial charge in [0.1, 0.15) is 11.5 Å². The summed E-state index contributed by atoms with van der Waals surface area (Å²) in [5, 5.41) is 0. The predicted molar refractivity (Wildman–Crippen MR) is 84.9 cm³/mol. The van der Waals surface area contributed by atoms with Crippen LogP contribution in [0, 0.1) is 12.8 Å². The molecule has 3 atom stereocenters. The molecule has 0 amide bonds. The lowest BCUT2D eigenvalue weighted by atomic mass is 9.89. The molecule has 1 aromatic rings. The fourth-order valence-corrected chi connectivity index (χ4v) is 3.98. The smallest absolute Gasteiger partial charge is 0.118 e. The van der Waals surface area contributed by atoms with E-state index in [-0.39, 0.29) is 0 Å². The molecule has 0 unspecified atom stereocenters. The van der Waals surface area contributed by atoms with E-state index in [0.717, 1.165) is 57.3 Å². The Kier molecular flexibility index (Phi) is 5.18. The molecule has 0 aromatic carbocycles. The number of fused-ring (bicyclic) bond motifs is 1. The van der Waals surface area contributed by atoms with Crippen LogP contribution in [0.15, 0.2) is 16.5 Å². The predicted octanol–water partition coefficient (Wildman–Crippen LogP) is 1.76. The third-order valence-electron chi connectivity index (χ3n) is 5.13. The van der Waals surface area contributed by atoms with Crippen LogP contribution in [0.4, 0.5) is 0 Å². The van der Waals surface area contributed by atoms with Crippen molar-refractivity contribution >= 4 is 0 Å². The number of rotatable bonds is 6. The molecular weight excluding hydrogens is 280 g/mol. The highest BCUT2D eigenvalue weighted by molar-refractivity contribution is 5.07. The first-order valence-corrected chi connectivity index (χ1v) is 8.24. The molecule has 5 nitrogen and oxygen atoms in total.